The predicted octanol–water partition coefficient (Wildman–Crippen LogP) is 1.63. The lowest BCUT2D eigenvalue weighted by Crippen LogP contribution is -2.37. The molecule has 1 rings (SSSR count). The van der Waals surface area contributed by atoms with Gasteiger partial charge < -0.3 is 5.32 Å². The lowest BCUT2D eigenvalue weighted by atomic mass is 10.2. The van der Waals surface area contributed by atoms with Gasteiger partial charge >= 0.3 is 0 Å². The van der Waals surface area contributed by atoms with Crippen LogP contribution in [0, 0.1) is 11.3 Å². The highest BCUT2D eigenvalue weighted by Crippen LogP contribution is 2.22. The molecule has 0 fully saturated rings. The van der Waals surface area contributed by atoms with E-state index in [0.29, 0.717) is 5.69 Å². The predicted molar refractivity (Wildman–Crippen MR) is 85.9 cm³/mol. The van der Waals surface area contributed by atoms with Gasteiger partial charge in [0.05, 0.1) is 17.5 Å². The quantitative estimate of drug-likeness (QED) is 0.825. The van der Waals surface area contributed by atoms with E-state index in [1.807, 2.05) is 19.9 Å². The van der Waals surface area contributed by atoms with E-state index in [9.17, 15) is 13.2 Å². The number of para-hydroxylation sites is 1. The highest BCUT2D eigenvalue weighted by Gasteiger charge is 2.21. The van der Waals surface area contributed by atoms with Crippen molar-refractivity contribution in [2.45, 2.75) is 32.7 Å². The van der Waals surface area contributed by atoms with Crippen LogP contribution >= 0.6 is 0 Å². The van der Waals surface area contributed by atoms with Crippen LogP contribution in [0.25, 0.3) is 0 Å². The zero-order valence-electron chi connectivity index (χ0n) is 13.0. The van der Waals surface area contributed by atoms with Crippen molar-refractivity contribution in [1.82, 2.24) is 5.32 Å². The molecule has 0 aliphatic heterocycles. The molecule has 0 saturated heterocycles. The molecular formula is C15H21N3O3S. The molecule has 0 bridgehead atoms. The van der Waals surface area contributed by atoms with Crippen molar-refractivity contribution in [3.63, 3.8) is 0 Å². The van der Waals surface area contributed by atoms with Crippen molar-refractivity contribution in [2.75, 3.05) is 17.1 Å². The van der Waals surface area contributed by atoms with Crippen molar-refractivity contribution in [3.8, 4) is 6.07 Å². The van der Waals surface area contributed by atoms with Crippen molar-refractivity contribution < 1.29 is 13.2 Å². The van der Waals surface area contributed by atoms with Gasteiger partial charge in [-0.1, -0.05) is 19.1 Å². The van der Waals surface area contributed by atoms with E-state index in [1.165, 1.54) is 0 Å². The van der Waals surface area contributed by atoms with Crippen LogP contribution < -0.4 is 9.62 Å². The first-order chi connectivity index (χ1) is 10.3. The minimum absolute atomic E-state index is 0.000204. The number of carbonyl (C=O) groups is 1. The Hall–Kier alpha value is -2.07. The number of amides is 1. The Bertz CT molecular complexity index is 665. The fraction of sp³-hybridized carbons (Fsp3) is 0.467. The van der Waals surface area contributed by atoms with Gasteiger partial charge in [-0.05, 0) is 25.5 Å². The molecule has 0 aliphatic carbocycles. The molecule has 0 saturated carbocycles. The first kappa shape index (κ1) is 18.0. The van der Waals surface area contributed by atoms with Crippen LogP contribution in [0.1, 0.15) is 32.3 Å². The molecule has 0 aliphatic rings. The van der Waals surface area contributed by atoms with Crippen molar-refractivity contribution in [3.05, 3.63) is 29.8 Å². The molecule has 0 heterocycles. The standard InChI is InChI=1S/C15H21N3O3S/c1-4-12(2)17-15(19)9-10-18(22(3,20)21)14-8-6-5-7-13(14)11-16/h5-8,12H,4,9-10H2,1-3H3,(H,17,19). The fourth-order valence-electron chi connectivity index (χ4n) is 1.90. The second-order valence-electron chi connectivity index (χ2n) is 5.09. The number of hydrogen-bond donors (Lipinski definition) is 1. The summed E-state index contributed by atoms with van der Waals surface area (Å²) in [7, 11) is -3.58. The van der Waals surface area contributed by atoms with Crippen molar-refractivity contribution >= 4 is 21.6 Å². The summed E-state index contributed by atoms with van der Waals surface area (Å²) in [5, 5.41) is 11.9. The number of carbonyl (C=O) groups excluding carboxylic acids is 1. The Labute approximate surface area is 131 Å². The largest absolute Gasteiger partial charge is 0.354 e. The second kappa shape index (κ2) is 7.80. The minimum atomic E-state index is -3.58. The van der Waals surface area contributed by atoms with Crippen molar-refractivity contribution in [2.24, 2.45) is 0 Å². The number of nitrogens with zero attached hydrogens (tertiary/aromatic N) is 2. The molecule has 1 N–H and O–H groups in total. The Morgan fingerprint density at radius 1 is 1.41 bits per heavy atom. The van der Waals surface area contributed by atoms with Gasteiger partial charge in [0.1, 0.15) is 6.07 Å². The van der Waals surface area contributed by atoms with Crippen LogP contribution in [0.4, 0.5) is 5.69 Å². The lowest BCUT2D eigenvalue weighted by Gasteiger charge is -2.23. The average Bonchev–Trinajstić information content (AvgIpc) is 2.46. The normalized spacial score (nSPS) is 12.3. The van der Waals surface area contributed by atoms with E-state index in [-0.39, 0.29) is 30.5 Å². The third kappa shape index (κ3) is 5.04. The van der Waals surface area contributed by atoms with E-state index in [2.05, 4.69) is 5.32 Å². The van der Waals surface area contributed by atoms with Crippen LogP contribution in [-0.4, -0.2) is 33.2 Å². The topological polar surface area (TPSA) is 90.3 Å². The molecular weight excluding hydrogens is 302 g/mol. The highest BCUT2D eigenvalue weighted by atomic mass is 32.2. The van der Waals surface area contributed by atoms with E-state index in [4.69, 9.17) is 5.26 Å². The zero-order valence-corrected chi connectivity index (χ0v) is 13.9. The van der Waals surface area contributed by atoms with Gasteiger partial charge in [-0.2, -0.15) is 5.26 Å². The second-order valence-corrected chi connectivity index (χ2v) is 7.00. The summed E-state index contributed by atoms with van der Waals surface area (Å²) in [6.07, 6.45) is 1.91. The number of benzene rings is 1. The molecule has 22 heavy (non-hydrogen) atoms. The molecule has 6 nitrogen and oxygen atoms in total. The molecule has 1 unspecified atom stereocenters. The summed E-state index contributed by atoms with van der Waals surface area (Å²) in [5.74, 6) is -0.211. The maximum atomic E-state index is 12.0. The van der Waals surface area contributed by atoms with Gasteiger partial charge in [0.25, 0.3) is 0 Å². The minimum Gasteiger partial charge on any atom is -0.354 e. The summed E-state index contributed by atoms with van der Waals surface area (Å²) in [4.78, 5) is 11.8. The number of nitriles is 1. The van der Waals surface area contributed by atoms with E-state index < -0.39 is 10.0 Å². The third-order valence-electron chi connectivity index (χ3n) is 3.26. The highest BCUT2D eigenvalue weighted by molar-refractivity contribution is 7.92. The number of rotatable bonds is 7. The SMILES string of the molecule is CCC(C)NC(=O)CCN(c1ccccc1C#N)S(C)(=O)=O. The number of anilines is 1. The Kier molecular flexibility index (Phi) is 6.38. The summed E-state index contributed by atoms with van der Waals surface area (Å²) >= 11 is 0. The number of hydrogen-bond acceptors (Lipinski definition) is 4. The van der Waals surface area contributed by atoms with Crippen LogP contribution in [0.15, 0.2) is 24.3 Å². The van der Waals surface area contributed by atoms with Gasteiger partial charge in [0.15, 0.2) is 0 Å². The first-order valence-corrected chi connectivity index (χ1v) is 8.90. The first-order valence-electron chi connectivity index (χ1n) is 7.05. The molecule has 0 aromatic heterocycles. The van der Waals surface area contributed by atoms with E-state index in [1.54, 1.807) is 24.3 Å². The number of nitrogens with one attached hydrogen (secondary N) is 1. The Morgan fingerprint density at radius 3 is 2.59 bits per heavy atom. The van der Waals surface area contributed by atoms with Crippen LogP contribution in [0.3, 0.4) is 0 Å². The molecule has 1 atom stereocenters. The smallest absolute Gasteiger partial charge is 0.232 e. The molecule has 1 aromatic rings. The van der Waals surface area contributed by atoms with Crippen LogP contribution in [-0.2, 0) is 14.8 Å². The summed E-state index contributed by atoms with van der Waals surface area (Å²) < 4.78 is 25.1. The summed E-state index contributed by atoms with van der Waals surface area (Å²) in [6, 6.07) is 8.45. The summed E-state index contributed by atoms with van der Waals surface area (Å²) in [6.45, 7) is 3.84. The van der Waals surface area contributed by atoms with Gasteiger partial charge in [-0.3, -0.25) is 9.10 Å². The molecule has 1 aromatic carbocycles. The van der Waals surface area contributed by atoms with Gasteiger partial charge in [-0.25, -0.2) is 8.42 Å². The monoisotopic (exact) mass is 323 g/mol. The Balaban J connectivity index is 2.93. The summed E-state index contributed by atoms with van der Waals surface area (Å²) in [5.41, 5.74) is 0.555. The van der Waals surface area contributed by atoms with Crippen LogP contribution in [0.5, 0.6) is 0 Å². The van der Waals surface area contributed by atoms with Gasteiger partial charge in [0, 0.05) is 19.0 Å². The van der Waals surface area contributed by atoms with Gasteiger partial charge in [-0.15, -0.1) is 0 Å². The van der Waals surface area contributed by atoms with Crippen molar-refractivity contribution in [1.29, 1.82) is 5.26 Å². The maximum Gasteiger partial charge on any atom is 0.232 e. The van der Waals surface area contributed by atoms with E-state index in [0.717, 1.165) is 17.0 Å². The molecule has 7 heteroatoms. The Morgan fingerprint density at radius 2 is 2.05 bits per heavy atom. The molecule has 1 amide bonds. The maximum absolute atomic E-state index is 12.0. The lowest BCUT2D eigenvalue weighted by molar-refractivity contribution is -0.121. The molecule has 0 radical (unpaired) electrons. The third-order valence-corrected chi connectivity index (χ3v) is 4.44. The van der Waals surface area contributed by atoms with E-state index >= 15 is 0 Å². The van der Waals surface area contributed by atoms with Gasteiger partial charge in [0.2, 0.25) is 15.9 Å². The molecule has 120 valence electrons. The van der Waals surface area contributed by atoms with Crippen LogP contribution in [0.2, 0.25) is 0 Å². The molecule has 0 spiro atoms. The average molecular weight is 323 g/mol. The zero-order chi connectivity index (χ0) is 16.8. The number of sulfonamides is 1. The fourth-order valence-corrected chi connectivity index (χ4v) is 2.84.